The average molecular weight is 265 g/mol. The fourth-order valence-corrected chi connectivity index (χ4v) is 2.72. The number of aryl methyl sites for hydroxylation is 2. The fourth-order valence-electron chi connectivity index (χ4n) is 2.72. The first-order valence-electron chi connectivity index (χ1n) is 6.91. The first-order chi connectivity index (χ1) is 9.65. The number of nitrogens with zero attached hydrogens (tertiary/aromatic N) is 1. The molecule has 0 amide bonds. The summed E-state index contributed by atoms with van der Waals surface area (Å²) in [6.45, 7) is 6.48. The molecule has 0 saturated carbocycles. The Morgan fingerprint density at radius 1 is 1.15 bits per heavy atom. The van der Waals surface area contributed by atoms with Crippen LogP contribution in [0.1, 0.15) is 29.7 Å². The maximum Gasteiger partial charge on any atom is 0.0671 e. The van der Waals surface area contributed by atoms with Crippen LogP contribution in [0.3, 0.4) is 0 Å². The smallest absolute Gasteiger partial charge is 0.0671 e. The van der Waals surface area contributed by atoms with Crippen LogP contribution in [0.5, 0.6) is 0 Å². The number of hydrogen-bond acceptors (Lipinski definition) is 2. The first kappa shape index (κ1) is 12.7. The highest BCUT2D eigenvalue weighted by Crippen LogP contribution is 2.27. The molecule has 0 fully saturated rings. The molecule has 102 valence electrons. The van der Waals surface area contributed by atoms with E-state index in [1.54, 1.807) is 0 Å². The van der Waals surface area contributed by atoms with Crippen LogP contribution < -0.4 is 5.32 Å². The van der Waals surface area contributed by atoms with Crippen molar-refractivity contribution in [3.8, 4) is 0 Å². The van der Waals surface area contributed by atoms with Crippen LogP contribution in [0.2, 0.25) is 0 Å². The Morgan fingerprint density at radius 2 is 2.00 bits per heavy atom. The molecule has 2 aromatic carbocycles. The Balaban J connectivity index is 1.92. The van der Waals surface area contributed by atoms with Gasteiger partial charge in [-0.2, -0.15) is 5.10 Å². The fraction of sp³-hybridized carbons (Fsp3) is 0.235. The molecule has 3 heteroatoms. The van der Waals surface area contributed by atoms with Gasteiger partial charge < -0.3 is 5.32 Å². The van der Waals surface area contributed by atoms with Crippen LogP contribution in [-0.2, 0) is 0 Å². The molecule has 1 unspecified atom stereocenters. The van der Waals surface area contributed by atoms with Gasteiger partial charge in [-0.3, -0.25) is 5.10 Å². The summed E-state index contributed by atoms with van der Waals surface area (Å²) in [6, 6.07) is 13.0. The molecule has 0 saturated heterocycles. The van der Waals surface area contributed by atoms with E-state index in [1.807, 2.05) is 18.3 Å². The van der Waals surface area contributed by atoms with Gasteiger partial charge in [0.1, 0.15) is 0 Å². The second-order valence-corrected chi connectivity index (χ2v) is 5.36. The molecule has 0 radical (unpaired) electrons. The molecule has 3 nitrogen and oxygen atoms in total. The zero-order valence-electron chi connectivity index (χ0n) is 12.1. The van der Waals surface area contributed by atoms with Crippen LogP contribution in [0.4, 0.5) is 5.69 Å². The number of aromatic amines is 1. The normalized spacial score (nSPS) is 12.6. The van der Waals surface area contributed by atoms with E-state index in [4.69, 9.17) is 0 Å². The monoisotopic (exact) mass is 265 g/mol. The second-order valence-electron chi connectivity index (χ2n) is 5.36. The molecule has 0 spiro atoms. The number of hydrogen-bond donors (Lipinski definition) is 2. The molecule has 1 heterocycles. The van der Waals surface area contributed by atoms with E-state index in [9.17, 15) is 0 Å². The van der Waals surface area contributed by atoms with Gasteiger partial charge in [-0.1, -0.05) is 29.8 Å². The van der Waals surface area contributed by atoms with Crippen molar-refractivity contribution in [2.75, 3.05) is 5.32 Å². The Hall–Kier alpha value is -2.29. The van der Waals surface area contributed by atoms with Gasteiger partial charge in [0.15, 0.2) is 0 Å². The van der Waals surface area contributed by atoms with E-state index in [0.29, 0.717) is 0 Å². The van der Waals surface area contributed by atoms with Crippen molar-refractivity contribution in [1.29, 1.82) is 0 Å². The van der Waals surface area contributed by atoms with Gasteiger partial charge in [-0.25, -0.2) is 0 Å². The lowest BCUT2D eigenvalue weighted by Crippen LogP contribution is -2.08. The van der Waals surface area contributed by atoms with Crippen LogP contribution in [0, 0.1) is 13.8 Å². The lowest BCUT2D eigenvalue weighted by atomic mass is 10.00. The van der Waals surface area contributed by atoms with Crippen molar-refractivity contribution in [3.05, 3.63) is 59.3 Å². The predicted molar refractivity (Wildman–Crippen MR) is 84.0 cm³/mol. The van der Waals surface area contributed by atoms with E-state index in [1.165, 1.54) is 16.7 Å². The summed E-state index contributed by atoms with van der Waals surface area (Å²) in [5.74, 6) is 0. The van der Waals surface area contributed by atoms with Gasteiger partial charge in [0.2, 0.25) is 0 Å². The highest BCUT2D eigenvalue weighted by molar-refractivity contribution is 5.91. The SMILES string of the molecule is Cc1ccc(C(C)Nc2cccc3[nH]ncc23)c(C)c1. The maximum atomic E-state index is 4.11. The number of rotatable bonds is 3. The summed E-state index contributed by atoms with van der Waals surface area (Å²) < 4.78 is 0. The average Bonchev–Trinajstić information content (AvgIpc) is 2.87. The topological polar surface area (TPSA) is 40.7 Å². The van der Waals surface area contributed by atoms with E-state index in [0.717, 1.165) is 16.6 Å². The third-order valence-corrected chi connectivity index (χ3v) is 3.75. The molecule has 0 bridgehead atoms. The first-order valence-corrected chi connectivity index (χ1v) is 6.91. The van der Waals surface area contributed by atoms with Crippen molar-refractivity contribution in [1.82, 2.24) is 10.2 Å². The van der Waals surface area contributed by atoms with Gasteiger partial charge in [-0.05, 0) is 44.0 Å². The standard InChI is InChI=1S/C17H19N3/c1-11-7-8-14(12(2)9-11)13(3)19-16-5-4-6-17-15(16)10-18-20-17/h4-10,13,19H,1-3H3,(H,18,20). The highest BCUT2D eigenvalue weighted by atomic mass is 15.1. The molecule has 1 atom stereocenters. The molecule has 3 rings (SSSR count). The molecule has 3 aromatic rings. The third-order valence-electron chi connectivity index (χ3n) is 3.75. The number of aromatic nitrogens is 2. The van der Waals surface area contributed by atoms with Crippen LogP contribution in [0.15, 0.2) is 42.6 Å². The van der Waals surface area contributed by atoms with Crippen LogP contribution in [0.25, 0.3) is 10.9 Å². The minimum Gasteiger partial charge on any atom is -0.378 e. The number of anilines is 1. The van der Waals surface area contributed by atoms with E-state index in [-0.39, 0.29) is 6.04 Å². The van der Waals surface area contributed by atoms with Crippen molar-refractivity contribution in [3.63, 3.8) is 0 Å². The molecular weight excluding hydrogens is 246 g/mol. The van der Waals surface area contributed by atoms with Gasteiger partial charge in [0.25, 0.3) is 0 Å². The lowest BCUT2D eigenvalue weighted by molar-refractivity contribution is 0.875. The minimum atomic E-state index is 0.260. The molecule has 20 heavy (non-hydrogen) atoms. The maximum absolute atomic E-state index is 4.11. The van der Waals surface area contributed by atoms with Gasteiger partial charge in [0, 0.05) is 17.1 Å². The van der Waals surface area contributed by atoms with Gasteiger partial charge in [0.05, 0.1) is 11.7 Å². The molecule has 0 aliphatic carbocycles. The quantitative estimate of drug-likeness (QED) is 0.739. The van der Waals surface area contributed by atoms with Gasteiger partial charge in [-0.15, -0.1) is 0 Å². The Kier molecular flexibility index (Phi) is 3.18. The molecule has 2 N–H and O–H groups in total. The molecule has 0 aliphatic rings. The summed E-state index contributed by atoms with van der Waals surface area (Å²) in [4.78, 5) is 0. The molecular formula is C17H19N3. The second kappa shape index (κ2) is 5.00. The third kappa shape index (κ3) is 2.27. The predicted octanol–water partition coefficient (Wildman–Crippen LogP) is 4.35. The van der Waals surface area contributed by atoms with Gasteiger partial charge >= 0.3 is 0 Å². The van der Waals surface area contributed by atoms with Crippen LogP contribution >= 0.6 is 0 Å². The molecule has 0 aliphatic heterocycles. The summed E-state index contributed by atoms with van der Waals surface area (Å²) >= 11 is 0. The Bertz CT molecular complexity index is 743. The summed E-state index contributed by atoms with van der Waals surface area (Å²) in [7, 11) is 0. The Morgan fingerprint density at radius 3 is 2.80 bits per heavy atom. The number of fused-ring (bicyclic) bond motifs is 1. The van der Waals surface area contributed by atoms with Crippen molar-refractivity contribution in [2.45, 2.75) is 26.8 Å². The number of nitrogens with one attached hydrogen (secondary N) is 2. The van der Waals surface area contributed by atoms with Crippen molar-refractivity contribution >= 4 is 16.6 Å². The lowest BCUT2D eigenvalue weighted by Gasteiger charge is -2.18. The van der Waals surface area contributed by atoms with Crippen molar-refractivity contribution < 1.29 is 0 Å². The minimum absolute atomic E-state index is 0.260. The Labute approximate surface area is 119 Å². The van der Waals surface area contributed by atoms with Crippen molar-refractivity contribution in [2.24, 2.45) is 0 Å². The summed E-state index contributed by atoms with van der Waals surface area (Å²) in [5, 5.41) is 11.8. The molecule has 1 aromatic heterocycles. The summed E-state index contributed by atoms with van der Waals surface area (Å²) in [6.07, 6.45) is 1.87. The van der Waals surface area contributed by atoms with Crippen LogP contribution in [-0.4, -0.2) is 10.2 Å². The summed E-state index contributed by atoms with van der Waals surface area (Å²) in [5.41, 5.74) is 6.13. The largest absolute Gasteiger partial charge is 0.378 e. The number of H-pyrrole nitrogens is 1. The van der Waals surface area contributed by atoms with E-state index >= 15 is 0 Å². The number of benzene rings is 2. The zero-order chi connectivity index (χ0) is 14.1. The highest BCUT2D eigenvalue weighted by Gasteiger charge is 2.10. The van der Waals surface area contributed by atoms with E-state index < -0.39 is 0 Å². The zero-order valence-corrected chi connectivity index (χ0v) is 12.1. The van der Waals surface area contributed by atoms with E-state index in [2.05, 4.69) is 60.6 Å².